The van der Waals surface area contributed by atoms with Gasteiger partial charge in [0.05, 0.1) is 11.2 Å². The van der Waals surface area contributed by atoms with Crippen LogP contribution in [0.2, 0.25) is 5.02 Å². The standard InChI is InChI=1S/C17H26ClN5O2/c1-13(23-12-14(18)11-20-23)15(24)21-9-5-17(6-10-21,16(19)25)22-7-3-2-4-8-22/h11-13H,2-10H2,1H3,(H2,19,25)/t13-/m0/s1. The first kappa shape index (κ1) is 18.2. The van der Waals surface area contributed by atoms with Crippen molar-refractivity contribution in [2.75, 3.05) is 26.2 Å². The summed E-state index contributed by atoms with van der Waals surface area (Å²) in [5.74, 6) is -0.259. The van der Waals surface area contributed by atoms with Gasteiger partial charge in [0, 0.05) is 19.3 Å². The van der Waals surface area contributed by atoms with Crippen molar-refractivity contribution in [3.05, 3.63) is 17.4 Å². The van der Waals surface area contributed by atoms with Gasteiger partial charge >= 0.3 is 0 Å². The lowest BCUT2D eigenvalue weighted by atomic mass is 9.83. The van der Waals surface area contributed by atoms with Gasteiger partial charge in [-0.3, -0.25) is 19.2 Å². The summed E-state index contributed by atoms with van der Waals surface area (Å²) in [5.41, 5.74) is 5.19. The Bertz CT molecular complexity index is 633. The van der Waals surface area contributed by atoms with E-state index < -0.39 is 11.6 Å². The zero-order chi connectivity index (χ0) is 18.0. The molecule has 1 aromatic heterocycles. The van der Waals surface area contributed by atoms with E-state index in [0.29, 0.717) is 31.0 Å². The number of nitrogens with zero attached hydrogens (tertiary/aromatic N) is 4. The normalized spacial score (nSPS) is 22.6. The number of piperidine rings is 2. The fourth-order valence-corrected chi connectivity index (χ4v) is 4.19. The molecule has 2 N–H and O–H groups in total. The van der Waals surface area contributed by atoms with Crippen molar-refractivity contribution in [1.29, 1.82) is 0 Å². The Hall–Kier alpha value is -1.60. The zero-order valence-corrected chi connectivity index (χ0v) is 15.4. The Morgan fingerprint density at radius 3 is 2.36 bits per heavy atom. The maximum Gasteiger partial charge on any atom is 0.247 e. The summed E-state index contributed by atoms with van der Waals surface area (Å²) < 4.78 is 1.57. The van der Waals surface area contributed by atoms with Crippen LogP contribution in [-0.2, 0) is 9.59 Å². The number of likely N-dealkylation sites (tertiary alicyclic amines) is 2. The summed E-state index contributed by atoms with van der Waals surface area (Å²) in [4.78, 5) is 29.1. The van der Waals surface area contributed by atoms with Crippen molar-refractivity contribution < 1.29 is 9.59 Å². The molecule has 138 valence electrons. The quantitative estimate of drug-likeness (QED) is 0.872. The molecule has 3 heterocycles. The summed E-state index contributed by atoms with van der Waals surface area (Å²) in [5, 5.41) is 4.63. The molecule has 0 aromatic carbocycles. The van der Waals surface area contributed by atoms with Crippen LogP contribution in [0.3, 0.4) is 0 Å². The SMILES string of the molecule is C[C@@H](C(=O)N1CCC(C(N)=O)(N2CCCCC2)CC1)n1cc(Cl)cn1. The van der Waals surface area contributed by atoms with Crippen LogP contribution in [0.4, 0.5) is 0 Å². The van der Waals surface area contributed by atoms with E-state index in [9.17, 15) is 9.59 Å². The lowest BCUT2D eigenvalue weighted by molar-refractivity contribution is -0.143. The minimum absolute atomic E-state index is 0.00326. The molecule has 0 radical (unpaired) electrons. The number of halogens is 1. The molecule has 1 aromatic rings. The average molecular weight is 368 g/mol. The Morgan fingerprint density at radius 1 is 1.20 bits per heavy atom. The highest BCUT2D eigenvalue weighted by Gasteiger charge is 2.46. The molecule has 1 atom stereocenters. The number of carbonyl (C=O) groups is 2. The van der Waals surface area contributed by atoms with Crippen LogP contribution in [0.25, 0.3) is 0 Å². The van der Waals surface area contributed by atoms with Crippen molar-refractivity contribution in [3.63, 3.8) is 0 Å². The number of carbonyl (C=O) groups excluding carboxylic acids is 2. The number of primary amides is 1. The molecular weight excluding hydrogens is 342 g/mol. The molecule has 25 heavy (non-hydrogen) atoms. The van der Waals surface area contributed by atoms with E-state index in [4.69, 9.17) is 17.3 Å². The van der Waals surface area contributed by atoms with Crippen LogP contribution in [0.1, 0.15) is 45.1 Å². The molecule has 0 bridgehead atoms. The second kappa shape index (κ2) is 7.33. The van der Waals surface area contributed by atoms with Crippen molar-refractivity contribution in [1.82, 2.24) is 19.6 Å². The van der Waals surface area contributed by atoms with Crippen LogP contribution in [0.15, 0.2) is 12.4 Å². The van der Waals surface area contributed by atoms with Crippen LogP contribution in [0, 0.1) is 0 Å². The van der Waals surface area contributed by atoms with E-state index in [1.165, 1.54) is 12.6 Å². The van der Waals surface area contributed by atoms with Crippen molar-refractivity contribution in [2.45, 2.75) is 50.6 Å². The maximum absolute atomic E-state index is 12.8. The molecule has 2 aliphatic heterocycles. The molecule has 0 spiro atoms. The first-order chi connectivity index (χ1) is 11.9. The molecule has 3 rings (SSSR count). The minimum Gasteiger partial charge on any atom is -0.368 e. The third kappa shape index (κ3) is 3.53. The number of amides is 2. The molecule has 2 fully saturated rings. The van der Waals surface area contributed by atoms with E-state index in [2.05, 4.69) is 10.00 Å². The highest BCUT2D eigenvalue weighted by Crippen LogP contribution is 2.32. The highest BCUT2D eigenvalue weighted by molar-refractivity contribution is 6.30. The molecular formula is C17H26ClN5O2. The second-order valence-electron chi connectivity index (χ2n) is 7.08. The van der Waals surface area contributed by atoms with Gasteiger partial charge < -0.3 is 10.6 Å². The van der Waals surface area contributed by atoms with E-state index in [1.807, 2.05) is 11.8 Å². The Labute approximate surface area is 153 Å². The summed E-state index contributed by atoms with van der Waals surface area (Å²) in [6, 6.07) is -0.413. The zero-order valence-electron chi connectivity index (χ0n) is 14.7. The highest BCUT2D eigenvalue weighted by atomic mass is 35.5. The first-order valence-electron chi connectivity index (χ1n) is 8.97. The van der Waals surface area contributed by atoms with Gasteiger partial charge in [-0.15, -0.1) is 0 Å². The molecule has 8 heteroatoms. The number of nitrogens with two attached hydrogens (primary N) is 1. The minimum atomic E-state index is -0.602. The van der Waals surface area contributed by atoms with Gasteiger partial charge in [-0.1, -0.05) is 18.0 Å². The van der Waals surface area contributed by atoms with Crippen LogP contribution in [-0.4, -0.2) is 63.1 Å². The second-order valence-corrected chi connectivity index (χ2v) is 7.52. The van der Waals surface area contributed by atoms with Gasteiger partial charge in [-0.2, -0.15) is 5.10 Å². The predicted octanol–water partition coefficient (Wildman–Crippen LogP) is 1.43. The largest absolute Gasteiger partial charge is 0.368 e. The monoisotopic (exact) mass is 367 g/mol. The van der Waals surface area contributed by atoms with Crippen molar-refractivity contribution in [3.8, 4) is 0 Å². The Kier molecular flexibility index (Phi) is 5.34. The smallest absolute Gasteiger partial charge is 0.247 e. The van der Waals surface area contributed by atoms with Crippen LogP contribution >= 0.6 is 11.6 Å². The van der Waals surface area contributed by atoms with Crippen molar-refractivity contribution >= 4 is 23.4 Å². The molecule has 0 saturated carbocycles. The Balaban J connectivity index is 1.67. The first-order valence-corrected chi connectivity index (χ1v) is 9.35. The molecule has 2 saturated heterocycles. The topological polar surface area (TPSA) is 84.5 Å². The van der Waals surface area contributed by atoms with Crippen molar-refractivity contribution in [2.24, 2.45) is 5.73 Å². The lowest BCUT2D eigenvalue weighted by Gasteiger charge is -2.48. The summed E-state index contributed by atoms with van der Waals surface area (Å²) in [6.45, 7) is 4.72. The van der Waals surface area contributed by atoms with Gasteiger partial charge in [0.1, 0.15) is 11.6 Å². The number of hydrogen-bond donors (Lipinski definition) is 1. The van der Waals surface area contributed by atoms with Gasteiger partial charge in [0.25, 0.3) is 0 Å². The molecule has 2 aliphatic rings. The number of aromatic nitrogens is 2. The third-order valence-corrected chi connectivity index (χ3v) is 5.84. The fourth-order valence-electron chi connectivity index (χ4n) is 4.04. The number of hydrogen-bond acceptors (Lipinski definition) is 4. The Morgan fingerprint density at radius 2 is 1.84 bits per heavy atom. The predicted molar refractivity (Wildman–Crippen MR) is 95.1 cm³/mol. The average Bonchev–Trinajstić information content (AvgIpc) is 3.07. The van der Waals surface area contributed by atoms with Crippen LogP contribution < -0.4 is 5.73 Å². The van der Waals surface area contributed by atoms with Gasteiger partial charge in [0.2, 0.25) is 11.8 Å². The number of rotatable bonds is 4. The van der Waals surface area contributed by atoms with E-state index >= 15 is 0 Å². The summed E-state index contributed by atoms with van der Waals surface area (Å²) in [7, 11) is 0. The van der Waals surface area contributed by atoms with E-state index in [-0.39, 0.29) is 11.8 Å². The van der Waals surface area contributed by atoms with Gasteiger partial charge in [-0.25, -0.2) is 0 Å². The maximum atomic E-state index is 12.8. The lowest BCUT2D eigenvalue weighted by Crippen LogP contribution is -2.64. The molecule has 7 nitrogen and oxygen atoms in total. The molecule has 0 aliphatic carbocycles. The van der Waals surface area contributed by atoms with E-state index in [1.54, 1.807) is 10.9 Å². The summed E-state index contributed by atoms with van der Waals surface area (Å²) in [6.07, 6.45) is 7.79. The molecule has 0 unspecified atom stereocenters. The fraction of sp³-hybridized carbons (Fsp3) is 0.706. The van der Waals surface area contributed by atoms with Crippen LogP contribution in [0.5, 0.6) is 0 Å². The summed E-state index contributed by atoms with van der Waals surface area (Å²) >= 11 is 5.89. The molecule has 2 amide bonds. The van der Waals surface area contributed by atoms with Gasteiger partial charge in [-0.05, 0) is 45.7 Å². The third-order valence-electron chi connectivity index (χ3n) is 5.65. The van der Waals surface area contributed by atoms with Gasteiger partial charge in [0.15, 0.2) is 0 Å². The van der Waals surface area contributed by atoms with E-state index in [0.717, 1.165) is 25.9 Å².